The zero-order valence-electron chi connectivity index (χ0n) is 19.9. The number of halogens is 5. The average molecular weight is 497 g/mol. The maximum atomic E-state index is 13.3. The van der Waals surface area contributed by atoms with Crippen molar-refractivity contribution in [1.29, 1.82) is 0 Å². The number of benzene rings is 1. The maximum Gasteiger partial charge on any atom is 0.454 e. The summed E-state index contributed by atoms with van der Waals surface area (Å²) >= 11 is 0. The number of rotatable bonds is 9. The van der Waals surface area contributed by atoms with Crippen molar-refractivity contribution in [3.63, 3.8) is 0 Å². The van der Waals surface area contributed by atoms with Crippen LogP contribution in [-0.4, -0.2) is 71.1 Å². The van der Waals surface area contributed by atoms with E-state index in [0.29, 0.717) is 25.2 Å². The molecule has 2 saturated heterocycles. The van der Waals surface area contributed by atoms with Crippen molar-refractivity contribution < 1.29 is 22.0 Å². The van der Waals surface area contributed by atoms with Crippen molar-refractivity contribution >= 4 is 0 Å². The van der Waals surface area contributed by atoms with Crippen LogP contribution < -0.4 is 0 Å². The average Bonchev–Trinajstić information content (AvgIpc) is 3.36. The van der Waals surface area contributed by atoms with Gasteiger partial charge in [-0.25, -0.2) is 0 Å². The molecule has 2 aliphatic heterocycles. The Kier molecular flexibility index (Phi) is 8.37. The van der Waals surface area contributed by atoms with E-state index in [2.05, 4.69) is 39.1 Å². The molecule has 2 aliphatic rings. The molecular formula is C26H33F5N4. The third-order valence-electron chi connectivity index (χ3n) is 7.22. The standard InChI is InChI=1S/C26H33F5N4/c27-25(28,26(29,30)31)19-35-15-10-21(11-16-35)5-8-23-17-33-24(18-32-23)22-6-3-20(4-7-22)9-14-34-12-1-2-13-34/h3-4,6-7,17-18,21H,1-2,5,8-16,19H2. The van der Waals surface area contributed by atoms with Crippen LogP contribution in [0.25, 0.3) is 11.3 Å². The molecule has 0 atom stereocenters. The number of hydrogen-bond acceptors (Lipinski definition) is 4. The van der Waals surface area contributed by atoms with Gasteiger partial charge in [0.15, 0.2) is 0 Å². The van der Waals surface area contributed by atoms with E-state index in [1.165, 1.54) is 36.4 Å². The van der Waals surface area contributed by atoms with Crippen LogP contribution in [0.15, 0.2) is 36.7 Å². The Balaban J connectivity index is 1.20. The second-order valence-corrected chi connectivity index (χ2v) is 9.85. The molecule has 0 N–H and O–H groups in total. The Morgan fingerprint density at radius 1 is 0.800 bits per heavy atom. The summed E-state index contributed by atoms with van der Waals surface area (Å²) in [5.41, 5.74) is 4.02. The molecule has 9 heteroatoms. The lowest BCUT2D eigenvalue weighted by molar-refractivity contribution is -0.287. The first-order chi connectivity index (χ1) is 16.7. The van der Waals surface area contributed by atoms with Crippen molar-refractivity contribution in [3.05, 3.63) is 47.9 Å². The Bertz CT molecular complexity index is 916. The fraction of sp³-hybridized carbons (Fsp3) is 0.615. The minimum absolute atomic E-state index is 0.259. The van der Waals surface area contributed by atoms with Crippen molar-refractivity contribution in [2.24, 2.45) is 5.92 Å². The normalized spacial score (nSPS) is 18.9. The van der Waals surface area contributed by atoms with Gasteiger partial charge >= 0.3 is 12.1 Å². The highest BCUT2D eigenvalue weighted by Gasteiger charge is 2.58. The highest BCUT2D eigenvalue weighted by molar-refractivity contribution is 5.58. The number of aromatic nitrogens is 2. The van der Waals surface area contributed by atoms with E-state index >= 15 is 0 Å². The summed E-state index contributed by atoms with van der Waals surface area (Å²) in [4.78, 5) is 12.8. The largest absolute Gasteiger partial charge is 0.454 e. The summed E-state index contributed by atoms with van der Waals surface area (Å²) in [6.45, 7) is 2.78. The summed E-state index contributed by atoms with van der Waals surface area (Å²) < 4.78 is 63.8. The smallest absolute Gasteiger partial charge is 0.303 e. The topological polar surface area (TPSA) is 32.3 Å². The molecule has 3 heterocycles. The van der Waals surface area contributed by atoms with Gasteiger partial charge in [-0.15, -0.1) is 0 Å². The van der Waals surface area contributed by atoms with Crippen LogP contribution in [0.1, 0.15) is 43.4 Å². The van der Waals surface area contributed by atoms with Crippen molar-refractivity contribution in [2.45, 2.75) is 57.0 Å². The van der Waals surface area contributed by atoms with Crippen molar-refractivity contribution in [3.8, 4) is 11.3 Å². The molecule has 4 rings (SSSR count). The number of piperidine rings is 1. The molecule has 0 spiro atoms. The van der Waals surface area contributed by atoms with Crippen LogP contribution in [0.3, 0.4) is 0 Å². The van der Waals surface area contributed by atoms with Crippen LogP contribution in [0, 0.1) is 5.92 Å². The molecule has 35 heavy (non-hydrogen) atoms. The van der Waals surface area contributed by atoms with Gasteiger partial charge in [0.05, 0.1) is 24.1 Å². The molecule has 0 unspecified atom stereocenters. The van der Waals surface area contributed by atoms with Crippen LogP contribution in [0.2, 0.25) is 0 Å². The van der Waals surface area contributed by atoms with Crippen LogP contribution in [-0.2, 0) is 12.8 Å². The van der Waals surface area contributed by atoms with Crippen molar-refractivity contribution in [1.82, 2.24) is 19.8 Å². The summed E-state index contributed by atoms with van der Waals surface area (Å²) in [5.74, 6) is -4.37. The second kappa shape index (κ2) is 11.3. The van der Waals surface area contributed by atoms with Gasteiger partial charge in [-0.2, -0.15) is 22.0 Å². The minimum atomic E-state index is -5.50. The highest BCUT2D eigenvalue weighted by atomic mass is 19.4. The van der Waals surface area contributed by atoms with Crippen LogP contribution in [0.5, 0.6) is 0 Å². The maximum absolute atomic E-state index is 13.3. The molecule has 0 saturated carbocycles. The summed E-state index contributed by atoms with van der Waals surface area (Å²) in [6, 6.07) is 8.47. The van der Waals surface area contributed by atoms with E-state index in [9.17, 15) is 22.0 Å². The SMILES string of the molecule is FC(F)(F)C(F)(F)CN1CCC(CCc2cnc(-c3ccc(CCN4CCCC4)cc3)cn2)CC1. The van der Waals surface area contributed by atoms with Crippen LogP contribution >= 0.6 is 0 Å². The quantitative estimate of drug-likeness (QED) is 0.422. The van der Waals surface area contributed by atoms with Gasteiger partial charge in [0.25, 0.3) is 0 Å². The molecule has 2 fully saturated rings. The van der Waals surface area contributed by atoms with Gasteiger partial charge in [-0.3, -0.25) is 14.9 Å². The fourth-order valence-corrected chi connectivity index (χ4v) is 4.92. The number of alkyl halides is 5. The lowest BCUT2D eigenvalue weighted by Gasteiger charge is -2.34. The zero-order chi connectivity index (χ0) is 24.9. The van der Waals surface area contributed by atoms with Gasteiger partial charge in [-0.05, 0) is 82.6 Å². The first kappa shape index (κ1) is 25.9. The molecular weight excluding hydrogens is 463 g/mol. The molecule has 1 aromatic carbocycles. The Morgan fingerprint density at radius 3 is 2.09 bits per heavy atom. The highest BCUT2D eigenvalue weighted by Crippen LogP contribution is 2.37. The van der Waals surface area contributed by atoms with Gasteiger partial charge in [0, 0.05) is 18.3 Å². The second-order valence-electron chi connectivity index (χ2n) is 9.85. The first-order valence-electron chi connectivity index (χ1n) is 12.5. The molecule has 4 nitrogen and oxygen atoms in total. The molecule has 2 aromatic rings. The predicted octanol–water partition coefficient (Wildman–Crippen LogP) is 5.62. The third kappa shape index (κ3) is 7.19. The number of hydrogen-bond donors (Lipinski definition) is 0. The molecule has 1 aromatic heterocycles. The fourth-order valence-electron chi connectivity index (χ4n) is 4.92. The molecule has 0 aliphatic carbocycles. The van der Waals surface area contributed by atoms with Gasteiger partial charge < -0.3 is 4.90 Å². The van der Waals surface area contributed by atoms with E-state index in [0.717, 1.165) is 36.3 Å². The number of nitrogens with zero attached hydrogens (tertiary/aromatic N) is 4. The summed E-state index contributed by atoms with van der Waals surface area (Å²) in [5, 5.41) is 0. The van der Waals surface area contributed by atoms with E-state index in [1.807, 2.05) is 0 Å². The van der Waals surface area contributed by atoms with Gasteiger partial charge in [-0.1, -0.05) is 24.3 Å². The Labute approximate surface area is 203 Å². The molecule has 192 valence electrons. The van der Waals surface area contributed by atoms with Gasteiger partial charge in [0.1, 0.15) is 0 Å². The summed E-state index contributed by atoms with van der Waals surface area (Å²) in [7, 11) is 0. The monoisotopic (exact) mass is 496 g/mol. The van der Waals surface area contributed by atoms with E-state index in [-0.39, 0.29) is 13.1 Å². The van der Waals surface area contributed by atoms with E-state index in [1.54, 1.807) is 12.4 Å². The first-order valence-corrected chi connectivity index (χ1v) is 12.5. The minimum Gasteiger partial charge on any atom is -0.303 e. The Hall–Kier alpha value is -2.13. The van der Waals surface area contributed by atoms with Gasteiger partial charge in [0.2, 0.25) is 0 Å². The summed E-state index contributed by atoms with van der Waals surface area (Å²) in [6.07, 6.45) is 4.48. The molecule has 0 bridgehead atoms. The lowest BCUT2D eigenvalue weighted by Crippen LogP contribution is -2.49. The zero-order valence-corrected chi connectivity index (χ0v) is 19.9. The lowest BCUT2D eigenvalue weighted by atomic mass is 9.91. The van der Waals surface area contributed by atoms with Crippen LogP contribution in [0.4, 0.5) is 22.0 Å². The molecule has 0 amide bonds. The molecule has 0 radical (unpaired) electrons. The van der Waals surface area contributed by atoms with E-state index < -0.39 is 18.6 Å². The van der Waals surface area contributed by atoms with E-state index in [4.69, 9.17) is 0 Å². The van der Waals surface area contributed by atoms with Crippen molar-refractivity contribution in [2.75, 3.05) is 39.3 Å². The Morgan fingerprint density at radius 2 is 1.49 bits per heavy atom. The predicted molar refractivity (Wildman–Crippen MR) is 125 cm³/mol. The third-order valence-corrected chi connectivity index (χ3v) is 7.22. The number of aryl methyl sites for hydroxylation is 1. The number of likely N-dealkylation sites (tertiary alicyclic amines) is 2.